The number of rotatable bonds is 1. The fraction of sp³-hybridized carbons (Fsp3) is 0.692. The lowest BCUT2D eigenvalue weighted by atomic mass is 10.1. The first kappa shape index (κ1) is 12.9. The van der Waals surface area contributed by atoms with Gasteiger partial charge in [-0.3, -0.25) is 4.99 Å². The fourth-order valence-corrected chi connectivity index (χ4v) is 2.12. The predicted molar refractivity (Wildman–Crippen MR) is 70.5 cm³/mol. The summed E-state index contributed by atoms with van der Waals surface area (Å²) < 4.78 is 5.37. The van der Waals surface area contributed by atoms with Crippen LogP contribution in [0.4, 0.5) is 4.79 Å². The number of carbonyl (C=O) groups excluding carboxylic acids is 1. The summed E-state index contributed by atoms with van der Waals surface area (Å²) in [5.74, 6) is 0.321. The summed E-state index contributed by atoms with van der Waals surface area (Å²) in [4.78, 5) is 18.1. The number of amides is 1. The lowest BCUT2D eigenvalue weighted by molar-refractivity contribution is 0.0290. The summed E-state index contributed by atoms with van der Waals surface area (Å²) in [5, 5.41) is 3.15. The molecular weight excluding hydrogens is 230 g/mol. The first-order valence-corrected chi connectivity index (χ1v) is 6.39. The Hall–Kier alpha value is -1.52. The van der Waals surface area contributed by atoms with Crippen molar-refractivity contribution >= 4 is 12.3 Å². The van der Waals surface area contributed by atoms with E-state index in [1.54, 1.807) is 4.90 Å². The van der Waals surface area contributed by atoms with Crippen molar-refractivity contribution in [2.24, 2.45) is 10.9 Å². The van der Waals surface area contributed by atoms with Crippen LogP contribution in [0.15, 0.2) is 16.9 Å². The van der Waals surface area contributed by atoms with Gasteiger partial charge in [0.1, 0.15) is 5.60 Å². The molecule has 5 heteroatoms. The molecule has 1 unspecified atom stereocenters. The van der Waals surface area contributed by atoms with Gasteiger partial charge >= 0.3 is 6.09 Å². The molecule has 0 aromatic carbocycles. The summed E-state index contributed by atoms with van der Waals surface area (Å²) in [5.41, 5.74) is 0.603. The first-order chi connectivity index (χ1) is 8.46. The van der Waals surface area contributed by atoms with E-state index in [1.165, 1.54) is 0 Å². The highest BCUT2D eigenvalue weighted by molar-refractivity contribution is 5.68. The van der Waals surface area contributed by atoms with Crippen molar-refractivity contribution in [1.29, 1.82) is 0 Å². The van der Waals surface area contributed by atoms with Crippen molar-refractivity contribution in [1.82, 2.24) is 10.2 Å². The van der Waals surface area contributed by atoms with Crippen molar-refractivity contribution in [3.8, 4) is 0 Å². The molecule has 2 aliphatic rings. The van der Waals surface area contributed by atoms with Crippen LogP contribution in [0, 0.1) is 5.92 Å². The molecule has 100 valence electrons. The van der Waals surface area contributed by atoms with E-state index in [2.05, 4.69) is 10.3 Å². The summed E-state index contributed by atoms with van der Waals surface area (Å²) in [6.45, 7) is 7.88. The molecule has 1 amide bonds. The number of nitrogens with zero attached hydrogens (tertiary/aromatic N) is 2. The number of likely N-dealkylation sites (tertiary alicyclic amines) is 1. The zero-order valence-corrected chi connectivity index (χ0v) is 11.3. The average molecular weight is 251 g/mol. The average Bonchev–Trinajstić information content (AvgIpc) is 2.77. The van der Waals surface area contributed by atoms with Crippen LogP contribution in [0.1, 0.15) is 27.2 Å². The Morgan fingerprint density at radius 2 is 2.33 bits per heavy atom. The highest BCUT2D eigenvalue weighted by atomic mass is 16.6. The van der Waals surface area contributed by atoms with Crippen LogP contribution in [0.5, 0.6) is 0 Å². The quantitative estimate of drug-likeness (QED) is 0.772. The van der Waals surface area contributed by atoms with E-state index in [-0.39, 0.29) is 6.09 Å². The predicted octanol–water partition coefficient (Wildman–Crippen LogP) is 1.76. The first-order valence-electron chi connectivity index (χ1n) is 6.39. The van der Waals surface area contributed by atoms with Crippen LogP contribution in [0.25, 0.3) is 0 Å². The van der Waals surface area contributed by atoms with Crippen LogP contribution < -0.4 is 5.32 Å². The van der Waals surface area contributed by atoms with Crippen molar-refractivity contribution in [3.05, 3.63) is 11.9 Å². The van der Waals surface area contributed by atoms with Crippen LogP contribution in [0.3, 0.4) is 0 Å². The fourth-order valence-electron chi connectivity index (χ4n) is 2.12. The Bertz CT molecular complexity index is 382. The minimum Gasteiger partial charge on any atom is -0.444 e. The molecule has 0 aromatic heterocycles. The smallest absolute Gasteiger partial charge is 0.410 e. The van der Waals surface area contributed by atoms with E-state index in [4.69, 9.17) is 4.74 Å². The number of hydrogen-bond acceptors (Lipinski definition) is 4. The normalized spacial score (nSPS) is 23.6. The lowest BCUT2D eigenvalue weighted by Crippen LogP contribution is -2.35. The van der Waals surface area contributed by atoms with Gasteiger partial charge in [-0.1, -0.05) is 0 Å². The molecule has 2 rings (SSSR count). The topological polar surface area (TPSA) is 53.9 Å². The summed E-state index contributed by atoms with van der Waals surface area (Å²) in [6, 6.07) is 0. The molecule has 1 atom stereocenters. The van der Waals surface area contributed by atoms with Gasteiger partial charge in [0.15, 0.2) is 0 Å². The Balaban J connectivity index is 1.90. The van der Waals surface area contributed by atoms with Crippen molar-refractivity contribution in [2.75, 3.05) is 19.6 Å². The molecule has 0 bridgehead atoms. The van der Waals surface area contributed by atoms with Crippen molar-refractivity contribution in [2.45, 2.75) is 32.8 Å². The number of aliphatic imine (C=N–C) groups is 1. The second kappa shape index (κ2) is 5.00. The highest BCUT2D eigenvalue weighted by Gasteiger charge is 2.31. The van der Waals surface area contributed by atoms with E-state index < -0.39 is 5.60 Å². The van der Waals surface area contributed by atoms with Crippen LogP contribution in [-0.4, -0.2) is 42.4 Å². The van der Waals surface area contributed by atoms with Gasteiger partial charge in [0.25, 0.3) is 0 Å². The standard InChI is InChI=1S/C13H21N3O2/c1-13(2,3)18-12(17)16-7-4-10(9-16)11-8-14-5-6-15-11/h6,8,10,14H,4-5,7,9H2,1-3H3. The number of carbonyl (C=O) groups is 1. The SMILES string of the molecule is CC(C)(C)OC(=O)N1CCC(C2=CNCC=N2)C1. The molecule has 1 saturated heterocycles. The van der Waals surface area contributed by atoms with E-state index in [9.17, 15) is 4.79 Å². The third kappa shape index (κ3) is 3.24. The molecule has 5 nitrogen and oxygen atoms in total. The van der Waals surface area contributed by atoms with Gasteiger partial charge in [0.2, 0.25) is 0 Å². The maximum atomic E-state index is 11.9. The third-order valence-corrected chi connectivity index (χ3v) is 2.96. The second-order valence-electron chi connectivity index (χ2n) is 5.70. The maximum Gasteiger partial charge on any atom is 0.410 e. The van der Waals surface area contributed by atoms with Crippen LogP contribution >= 0.6 is 0 Å². The number of hydrogen-bond donors (Lipinski definition) is 1. The molecule has 1 N–H and O–H groups in total. The van der Waals surface area contributed by atoms with Crippen molar-refractivity contribution in [3.63, 3.8) is 0 Å². The van der Waals surface area contributed by atoms with Crippen LogP contribution in [-0.2, 0) is 4.74 Å². The van der Waals surface area contributed by atoms with Gasteiger partial charge in [-0.25, -0.2) is 4.79 Å². The third-order valence-electron chi connectivity index (χ3n) is 2.96. The van der Waals surface area contributed by atoms with Gasteiger partial charge in [0, 0.05) is 38.0 Å². The van der Waals surface area contributed by atoms with Crippen molar-refractivity contribution < 1.29 is 9.53 Å². The Labute approximate surface area is 108 Å². The zero-order chi connectivity index (χ0) is 13.2. The summed E-state index contributed by atoms with van der Waals surface area (Å²) in [7, 11) is 0. The Morgan fingerprint density at radius 1 is 1.56 bits per heavy atom. The van der Waals surface area contributed by atoms with E-state index in [0.717, 1.165) is 25.2 Å². The Morgan fingerprint density at radius 3 is 2.94 bits per heavy atom. The van der Waals surface area contributed by atoms with Gasteiger partial charge < -0.3 is 15.0 Å². The zero-order valence-electron chi connectivity index (χ0n) is 11.3. The molecule has 18 heavy (non-hydrogen) atoms. The van der Waals surface area contributed by atoms with Gasteiger partial charge in [-0.15, -0.1) is 0 Å². The molecule has 0 radical (unpaired) electrons. The number of nitrogens with one attached hydrogen (secondary N) is 1. The maximum absolute atomic E-state index is 11.9. The minimum absolute atomic E-state index is 0.224. The van der Waals surface area contributed by atoms with Crippen LogP contribution in [0.2, 0.25) is 0 Å². The highest BCUT2D eigenvalue weighted by Crippen LogP contribution is 2.26. The molecule has 0 spiro atoms. The largest absolute Gasteiger partial charge is 0.444 e. The van der Waals surface area contributed by atoms with E-state index in [1.807, 2.05) is 33.2 Å². The van der Waals surface area contributed by atoms with Gasteiger partial charge in [-0.05, 0) is 27.2 Å². The molecule has 0 aromatic rings. The van der Waals surface area contributed by atoms with E-state index >= 15 is 0 Å². The molecule has 0 saturated carbocycles. The molecule has 2 aliphatic heterocycles. The lowest BCUT2D eigenvalue weighted by Gasteiger charge is -2.24. The van der Waals surface area contributed by atoms with Gasteiger partial charge in [-0.2, -0.15) is 0 Å². The minimum atomic E-state index is -0.432. The Kier molecular flexibility index (Phi) is 3.59. The second-order valence-corrected chi connectivity index (χ2v) is 5.70. The molecule has 1 fully saturated rings. The number of ether oxygens (including phenoxy) is 1. The molecular formula is C13H21N3O2. The monoisotopic (exact) mass is 251 g/mol. The van der Waals surface area contributed by atoms with E-state index in [0.29, 0.717) is 12.5 Å². The molecule has 2 heterocycles. The molecule has 0 aliphatic carbocycles. The van der Waals surface area contributed by atoms with Gasteiger partial charge in [0.05, 0.1) is 5.70 Å². The summed E-state index contributed by atoms with van der Waals surface area (Å²) in [6.07, 6.45) is 4.54. The summed E-state index contributed by atoms with van der Waals surface area (Å²) >= 11 is 0.